The molecule has 0 aliphatic heterocycles. The average molecular weight is 685 g/mol. The number of rotatable bonds is 3. The Labute approximate surface area is 287 Å². The van der Waals surface area contributed by atoms with Crippen molar-refractivity contribution in [3.63, 3.8) is 0 Å². The minimum Gasteiger partial charge on any atom is -0.214 e. The van der Waals surface area contributed by atoms with E-state index in [1.54, 1.807) is 0 Å². The van der Waals surface area contributed by atoms with E-state index >= 15 is 0 Å². The van der Waals surface area contributed by atoms with Crippen molar-refractivity contribution in [1.82, 2.24) is 0 Å². The van der Waals surface area contributed by atoms with Crippen molar-refractivity contribution < 1.29 is 49.0 Å². The molecule has 0 heterocycles. The monoisotopic (exact) mass is 682 g/mol. The molecular weight excluding hydrogens is 643 g/mol. The molecule has 43 heavy (non-hydrogen) atoms. The maximum Gasteiger partial charge on any atom is -0.172 e. The number of benzene rings is 4. The summed E-state index contributed by atoms with van der Waals surface area (Å²) in [6.45, 7) is 13.6. The predicted molar refractivity (Wildman–Crippen MR) is 174 cm³/mol. The second-order valence-electron chi connectivity index (χ2n) is 12.8. The molecule has 0 unspecified atom stereocenters. The summed E-state index contributed by atoms with van der Waals surface area (Å²) in [7, 11) is 0. The normalized spacial score (nSPS) is 11.3. The van der Waals surface area contributed by atoms with Gasteiger partial charge in [0.25, 0.3) is 0 Å². The van der Waals surface area contributed by atoms with E-state index in [4.69, 9.17) is 0 Å². The topological polar surface area (TPSA) is 0 Å². The second kappa shape index (κ2) is 16.6. The Hall–Kier alpha value is -2.44. The van der Waals surface area contributed by atoms with Crippen molar-refractivity contribution in [3.05, 3.63) is 161 Å². The molecule has 3 heteroatoms. The predicted octanol–water partition coefficient (Wildman–Crippen LogP) is 4.06. The average Bonchev–Trinajstić information content (AvgIpc) is 3.65. The van der Waals surface area contributed by atoms with Crippen LogP contribution in [0.25, 0.3) is 11.1 Å². The van der Waals surface area contributed by atoms with E-state index in [9.17, 15) is 0 Å². The summed E-state index contributed by atoms with van der Waals surface area (Å²) in [6, 6.07) is 46.4. The third kappa shape index (κ3) is 10.6. The van der Waals surface area contributed by atoms with Gasteiger partial charge in [0, 0.05) is 0 Å². The molecule has 5 aromatic carbocycles. The van der Waals surface area contributed by atoms with Crippen LogP contribution in [-0.4, -0.2) is 3.21 Å². The summed E-state index contributed by atoms with van der Waals surface area (Å²) in [6.07, 6.45) is 2.10. The van der Waals surface area contributed by atoms with Crippen LogP contribution in [0.2, 0.25) is 0 Å². The van der Waals surface area contributed by atoms with Gasteiger partial charge in [-0.1, -0.05) is 76.3 Å². The van der Waals surface area contributed by atoms with Gasteiger partial charge < -0.3 is 24.8 Å². The van der Waals surface area contributed by atoms with Crippen molar-refractivity contribution in [1.29, 1.82) is 0 Å². The van der Waals surface area contributed by atoms with Crippen LogP contribution >= 0.6 is 0 Å². The van der Waals surface area contributed by atoms with Gasteiger partial charge in [0.15, 0.2) is 0 Å². The third-order valence-corrected chi connectivity index (χ3v) is 8.57. The fraction of sp³-hybridized carbons (Fsp3) is 0.250. The summed E-state index contributed by atoms with van der Waals surface area (Å²) in [5.74, 6) is 0. The molecule has 0 amide bonds. The molecule has 0 radical (unpaired) electrons. The second-order valence-corrected chi connectivity index (χ2v) is 14.3. The number of hydrogen-bond acceptors (Lipinski definition) is 0. The zero-order valence-corrected chi connectivity index (χ0v) is 30.2. The first kappa shape index (κ1) is 36.8. The molecular formula is C40H42Cl2Zr-2. The van der Waals surface area contributed by atoms with Crippen molar-refractivity contribution in [2.45, 2.75) is 65.2 Å². The molecule has 1 aliphatic carbocycles. The zero-order valence-electron chi connectivity index (χ0n) is 26.2. The fourth-order valence-electron chi connectivity index (χ4n) is 4.85. The Morgan fingerprint density at radius 2 is 1.26 bits per heavy atom. The Bertz CT molecular complexity index is 1460. The minimum atomic E-state index is 0. The van der Waals surface area contributed by atoms with Crippen LogP contribution in [0.3, 0.4) is 0 Å². The smallest absolute Gasteiger partial charge is 0.172 e. The molecule has 0 N–H and O–H groups in total. The Morgan fingerprint density at radius 3 is 1.79 bits per heavy atom. The van der Waals surface area contributed by atoms with Gasteiger partial charge in [-0.05, 0) is 17.4 Å². The molecule has 0 saturated heterocycles. The van der Waals surface area contributed by atoms with E-state index in [-0.39, 0.29) is 35.6 Å². The largest absolute Gasteiger partial charge is 0.214 e. The van der Waals surface area contributed by atoms with Crippen LogP contribution < -0.4 is 24.8 Å². The molecule has 0 spiro atoms. The molecule has 0 atom stereocenters. The molecule has 222 valence electrons. The molecule has 5 aromatic rings. The van der Waals surface area contributed by atoms with Gasteiger partial charge in [-0.25, -0.2) is 12.1 Å². The first-order chi connectivity index (χ1) is 19.5. The van der Waals surface area contributed by atoms with E-state index < -0.39 is 0 Å². The Morgan fingerprint density at radius 1 is 0.698 bits per heavy atom. The van der Waals surface area contributed by atoms with Gasteiger partial charge in [0.2, 0.25) is 0 Å². The van der Waals surface area contributed by atoms with E-state index in [0.29, 0.717) is 0 Å². The van der Waals surface area contributed by atoms with Crippen LogP contribution in [0, 0.1) is 6.07 Å². The molecule has 0 aromatic heterocycles. The van der Waals surface area contributed by atoms with Crippen LogP contribution in [0.5, 0.6) is 0 Å². The van der Waals surface area contributed by atoms with Gasteiger partial charge in [-0.15, -0.1) is 5.56 Å². The summed E-state index contributed by atoms with van der Waals surface area (Å²) in [4.78, 5) is 0. The van der Waals surface area contributed by atoms with Crippen LogP contribution in [0.1, 0.15) is 74.9 Å². The zero-order chi connectivity index (χ0) is 29.5. The van der Waals surface area contributed by atoms with Crippen molar-refractivity contribution in [3.8, 4) is 11.1 Å². The van der Waals surface area contributed by atoms with Crippen molar-refractivity contribution in [2.75, 3.05) is 0 Å². The molecule has 0 bridgehead atoms. The van der Waals surface area contributed by atoms with E-state index in [2.05, 4.69) is 139 Å². The fourth-order valence-corrected chi connectivity index (χ4v) is 5.76. The standard InChI is InChI=1S/C21H25.C14H12.C5H5.2ClH.Zr/c1-20(2,3)16-9-7-14-11-15-8-10-17(21(4,5)6)13-19(15)18(14)12-16;1-3-7-13(8-4-1)11-12-14-9-5-2-6-10-14;1-2-4-5-3-1;;;/h7,9-10,12-13H,11H2,1-6H3;1-10H,11H2;1-5H;2*1H;/q-1;;-1;;;+2/p-2. The summed E-state index contributed by atoms with van der Waals surface area (Å²) < 4.78 is 1.51. The number of halogens is 2. The first-order valence-electron chi connectivity index (χ1n) is 14.5. The number of hydrogen-bond donors (Lipinski definition) is 0. The quantitative estimate of drug-likeness (QED) is 0.247. The van der Waals surface area contributed by atoms with Gasteiger partial charge in [0.05, 0.1) is 0 Å². The van der Waals surface area contributed by atoms with Gasteiger partial charge in [-0.3, -0.25) is 0 Å². The van der Waals surface area contributed by atoms with Crippen molar-refractivity contribution in [2.24, 2.45) is 0 Å². The van der Waals surface area contributed by atoms with E-state index in [1.165, 1.54) is 71.9 Å². The van der Waals surface area contributed by atoms with Crippen LogP contribution in [0.4, 0.5) is 0 Å². The summed E-state index contributed by atoms with van der Waals surface area (Å²) in [5, 5.41) is 0. The molecule has 6 rings (SSSR count). The third-order valence-electron chi connectivity index (χ3n) is 7.43. The maximum atomic E-state index is 3.53. The molecule has 0 nitrogen and oxygen atoms in total. The van der Waals surface area contributed by atoms with E-state index in [0.717, 1.165) is 12.8 Å². The SMILES string of the molecule is CC(C)(C)c1c[c-]c2c(c1)-c1cc(C(C)(C)C)ccc1C2.[Cl-].[Cl-].[Zr+2]=[C](Cc1ccccc1)c1ccccc1.c1cc[cH-]c1. The van der Waals surface area contributed by atoms with Gasteiger partial charge >= 0.3 is 106 Å². The summed E-state index contributed by atoms with van der Waals surface area (Å²) in [5.41, 5.74) is 11.5. The van der Waals surface area contributed by atoms with Gasteiger partial charge in [0.1, 0.15) is 0 Å². The molecule has 0 saturated carbocycles. The van der Waals surface area contributed by atoms with Crippen LogP contribution in [0.15, 0.2) is 121 Å². The van der Waals surface area contributed by atoms with Crippen LogP contribution in [-0.2, 0) is 47.9 Å². The molecule has 0 fully saturated rings. The van der Waals surface area contributed by atoms with E-state index in [1.807, 2.05) is 30.3 Å². The number of fused-ring (bicyclic) bond motifs is 3. The summed E-state index contributed by atoms with van der Waals surface area (Å²) >= 11 is 1.50. The minimum absolute atomic E-state index is 0. The van der Waals surface area contributed by atoms with Gasteiger partial charge in [-0.2, -0.15) is 47.5 Å². The molecule has 1 aliphatic rings. The van der Waals surface area contributed by atoms with Crippen molar-refractivity contribution >= 4 is 3.21 Å². The Balaban J connectivity index is 0.000000256. The first-order valence-corrected chi connectivity index (χ1v) is 15.8. The Kier molecular flexibility index (Phi) is 14.2. The maximum absolute atomic E-state index is 3.53.